The lowest BCUT2D eigenvalue weighted by Crippen LogP contribution is -2.06. The number of benzene rings is 1. The second-order valence-electron chi connectivity index (χ2n) is 5.28. The minimum atomic E-state index is -4.49. The lowest BCUT2D eigenvalue weighted by Gasteiger charge is -2.06. The molecule has 2 heterocycles. The summed E-state index contributed by atoms with van der Waals surface area (Å²) in [6.45, 7) is 1.28. The zero-order valence-electron chi connectivity index (χ0n) is 13.3. The van der Waals surface area contributed by atoms with Crippen LogP contribution >= 0.6 is 11.3 Å². The highest BCUT2D eigenvalue weighted by Gasteiger charge is 2.34. The number of aromatic nitrogens is 2. The molecule has 3 rings (SSSR count). The van der Waals surface area contributed by atoms with Gasteiger partial charge in [-0.15, -0.1) is 11.3 Å². The normalized spacial score (nSPS) is 11.7. The van der Waals surface area contributed by atoms with Gasteiger partial charge in [0.05, 0.1) is 5.69 Å². The summed E-state index contributed by atoms with van der Waals surface area (Å²) in [5, 5.41) is 5.93. The topological polar surface area (TPSA) is 53.4 Å². The predicted molar refractivity (Wildman–Crippen MR) is 85.7 cm³/mol. The zero-order chi connectivity index (χ0) is 18.2. The third-order valence-electron chi connectivity index (χ3n) is 3.42. The number of esters is 1. The molecule has 9 heteroatoms. The van der Waals surface area contributed by atoms with Crippen molar-refractivity contribution in [2.45, 2.75) is 19.7 Å². The molecule has 132 valence electrons. The van der Waals surface area contributed by atoms with Crippen molar-refractivity contribution in [2.24, 2.45) is 7.05 Å². The molecule has 0 aliphatic heterocycles. The Labute approximate surface area is 144 Å². The maximum atomic E-state index is 12.7. The lowest BCUT2D eigenvalue weighted by atomic mass is 10.2. The Morgan fingerprint density at radius 1 is 1.32 bits per heavy atom. The van der Waals surface area contributed by atoms with Crippen LogP contribution in [0.5, 0.6) is 11.5 Å². The van der Waals surface area contributed by atoms with Crippen LogP contribution in [-0.2, 0) is 24.6 Å². The van der Waals surface area contributed by atoms with Crippen LogP contribution in [-0.4, -0.2) is 15.7 Å². The quantitative estimate of drug-likeness (QED) is 0.647. The van der Waals surface area contributed by atoms with Gasteiger partial charge >= 0.3 is 12.1 Å². The number of hydrogen-bond acceptors (Lipinski definition) is 5. The van der Waals surface area contributed by atoms with E-state index >= 15 is 0 Å². The maximum Gasteiger partial charge on any atom is 0.435 e. The number of fused-ring (bicyclic) bond motifs is 1. The first-order chi connectivity index (χ1) is 11.7. The summed E-state index contributed by atoms with van der Waals surface area (Å²) in [7, 11) is 1.43. The number of rotatable bonds is 4. The van der Waals surface area contributed by atoms with E-state index in [2.05, 4.69) is 5.10 Å². The van der Waals surface area contributed by atoms with Crippen LogP contribution in [0.3, 0.4) is 0 Å². The van der Waals surface area contributed by atoms with Crippen molar-refractivity contribution in [2.75, 3.05) is 0 Å². The van der Waals surface area contributed by atoms with Gasteiger partial charge in [-0.25, -0.2) is 0 Å². The fourth-order valence-corrected chi connectivity index (χ4v) is 3.13. The second-order valence-corrected chi connectivity index (χ2v) is 6.19. The van der Waals surface area contributed by atoms with E-state index in [0.29, 0.717) is 17.2 Å². The molecule has 2 aromatic heterocycles. The molecule has 0 fully saturated rings. The molecule has 0 saturated carbocycles. The van der Waals surface area contributed by atoms with Gasteiger partial charge in [0, 0.05) is 29.4 Å². The largest absolute Gasteiger partial charge is 0.487 e. The monoisotopic (exact) mass is 370 g/mol. The minimum Gasteiger partial charge on any atom is -0.487 e. The number of alkyl halides is 3. The van der Waals surface area contributed by atoms with Crippen LogP contribution < -0.4 is 9.47 Å². The molecule has 0 unspecified atom stereocenters. The van der Waals surface area contributed by atoms with E-state index in [1.165, 1.54) is 25.3 Å². The van der Waals surface area contributed by atoms with Gasteiger partial charge in [0.15, 0.2) is 5.69 Å². The molecule has 0 N–H and O–H groups in total. The van der Waals surface area contributed by atoms with E-state index in [1.807, 2.05) is 0 Å². The van der Waals surface area contributed by atoms with Crippen LogP contribution in [0.25, 0.3) is 10.1 Å². The van der Waals surface area contributed by atoms with Crippen molar-refractivity contribution in [3.8, 4) is 11.5 Å². The van der Waals surface area contributed by atoms with Gasteiger partial charge in [-0.1, -0.05) is 0 Å². The van der Waals surface area contributed by atoms with Gasteiger partial charge in [-0.05, 0) is 24.3 Å². The van der Waals surface area contributed by atoms with Crippen molar-refractivity contribution < 1.29 is 27.4 Å². The first-order valence-corrected chi connectivity index (χ1v) is 8.04. The minimum absolute atomic E-state index is 0.0483. The molecule has 3 aromatic rings. The Morgan fingerprint density at radius 2 is 2.08 bits per heavy atom. The van der Waals surface area contributed by atoms with Gasteiger partial charge in [-0.3, -0.25) is 9.48 Å². The summed E-state index contributed by atoms with van der Waals surface area (Å²) >= 11 is 1.38. The molecule has 0 amide bonds. The molecular weight excluding hydrogens is 357 g/mol. The first-order valence-electron chi connectivity index (χ1n) is 7.16. The molecule has 0 atom stereocenters. The van der Waals surface area contributed by atoms with Gasteiger partial charge in [0.2, 0.25) is 0 Å². The zero-order valence-corrected chi connectivity index (χ0v) is 14.1. The first kappa shape index (κ1) is 17.3. The Kier molecular flexibility index (Phi) is 4.42. The number of ether oxygens (including phenoxy) is 2. The highest BCUT2D eigenvalue weighted by Crippen LogP contribution is 2.35. The molecule has 25 heavy (non-hydrogen) atoms. The molecule has 0 saturated heterocycles. The van der Waals surface area contributed by atoms with Gasteiger partial charge < -0.3 is 9.47 Å². The highest BCUT2D eigenvalue weighted by molar-refractivity contribution is 7.17. The summed E-state index contributed by atoms with van der Waals surface area (Å²) in [5.41, 5.74) is -0.646. The highest BCUT2D eigenvalue weighted by atomic mass is 32.1. The fourth-order valence-electron chi connectivity index (χ4n) is 2.24. The van der Waals surface area contributed by atoms with E-state index in [-0.39, 0.29) is 6.61 Å². The average Bonchev–Trinajstić information content (AvgIpc) is 3.08. The van der Waals surface area contributed by atoms with E-state index in [0.717, 1.165) is 20.8 Å². The Morgan fingerprint density at radius 3 is 2.72 bits per heavy atom. The van der Waals surface area contributed by atoms with Crippen LogP contribution in [0.2, 0.25) is 0 Å². The smallest absolute Gasteiger partial charge is 0.435 e. The van der Waals surface area contributed by atoms with E-state index in [1.54, 1.807) is 23.6 Å². The lowest BCUT2D eigenvalue weighted by molar-refractivity contribution is -0.141. The van der Waals surface area contributed by atoms with E-state index in [4.69, 9.17) is 9.47 Å². The molecule has 0 bridgehead atoms. The van der Waals surface area contributed by atoms with Crippen LogP contribution in [0, 0.1) is 0 Å². The number of carbonyl (C=O) groups is 1. The molecular formula is C16H13F3N2O3S. The molecule has 0 radical (unpaired) electrons. The molecule has 0 aliphatic carbocycles. The number of aryl methyl sites for hydroxylation is 1. The number of thiophene rings is 1. The third-order valence-corrected chi connectivity index (χ3v) is 4.34. The van der Waals surface area contributed by atoms with Crippen molar-refractivity contribution in [1.82, 2.24) is 9.78 Å². The van der Waals surface area contributed by atoms with Crippen LogP contribution in [0.1, 0.15) is 18.3 Å². The summed E-state index contributed by atoms with van der Waals surface area (Å²) < 4.78 is 50.6. The Bertz CT molecular complexity index is 930. The average molecular weight is 370 g/mol. The van der Waals surface area contributed by atoms with Gasteiger partial charge in [-0.2, -0.15) is 18.3 Å². The standard InChI is InChI=1S/C16H13F3N2O3S/c1-9(22)24-13-8-25-14-6-11(3-4-12(13)14)23-7-10-5-15(16(17,18)19)20-21(10)2/h3-6,8H,7H2,1-2H3. The Hall–Kier alpha value is -2.55. The second kappa shape index (κ2) is 6.40. The van der Waals surface area contributed by atoms with E-state index < -0.39 is 17.8 Å². The third kappa shape index (κ3) is 3.76. The number of nitrogens with zero attached hydrogens (tertiary/aromatic N) is 2. The summed E-state index contributed by atoms with van der Waals surface area (Å²) in [5.74, 6) is 0.565. The summed E-state index contributed by atoms with van der Waals surface area (Å²) in [6.07, 6.45) is -4.49. The number of carbonyl (C=O) groups excluding carboxylic acids is 1. The van der Waals surface area contributed by atoms with Gasteiger partial charge in [0.25, 0.3) is 0 Å². The van der Waals surface area contributed by atoms with Crippen LogP contribution in [0.4, 0.5) is 13.2 Å². The molecule has 0 aliphatic rings. The number of hydrogen-bond donors (Lipinski definition) is 0. The Balaban J connectivity index is 1.76. The van der Waals surface area contributed by atoms with Crippen molar-refractivity contribution in [3.05, 3.63) is 41.0 Å². The fraction of sp³-hybridized carbons (Fsp3) is 0.250. The SMILES string of the molecule is CC(=O)Oc1csc2cc(OCc3cc(C(F)(F)F)nn3C)ccc12. The summed E-state index contributed by atoms with van der Waals surface area (Å²) in [4.78, 5) is 11.1. The van der Waals surface area contributed by atoms with E-state index in [9.17, 15) is 18.0 Å². The number of halogens is 3. The predicted octanol–water partition coefficient (Wildman–Crippen LogP) is 4.16. The molecule has 1 aromatic carbocycles. The van der Waals surface area contributed by atoms with Crippen LogP contribution in [0.15, 0.2) is 29.6 Å². The van der Waals surface area contributed by atoms with Crippen molar-refractivity contribution in [3.63, 3.8) is 0 Å². The van der Waals surface area contributed by atoms with Crippen molar-refractivity contribution in [1.29, 1.82) is 0 Å². The van der Waals surface area contributed by atoms with Gasteiger partial charge in [0.1, 0.15) is 18.1 Å². The van der Waals surface area contributed by atoms with Crippen molar-refractivity contribution >= 4 is 27.4 Å². The molecule has 5 nitrogen and oxygen atoms in total. The maximum absolute atomic E-state index is 12.7. The summed E-state index contributed by atoms with van der Waals surface area (Å²) in [6, 6.07) is 6.11. The molecule has 0 spiro atoms.